The Labute approximate surface area is 150 Å². The number of anilines is 1. The molecule has 2 aromatic carbocycles. The van der Waals surface area contributed by atoms with Crippen molar-refractivity contribution in [2.75, 3.05) is 4.72 Å². The summed E-state index contributed by atoms with van der Waals surface area (Å²) in [4.78, 5) is 3.97. The zero-order valence-electron chi connectivity index (χ0n) is 13.4. The van der Waals surface area contributed by atoms with Crippen molar-refractivity contribution in [3.05, 3.63) is 48.9 Å². The molecule has 1 aromatic heterocycles. The quantitative estimate of drug-likeness (QED) is 0.662. The van der Waals surface area contributed by atoms with E-state index >= 15 is 0 Å². The first-order valence-electron chi connectivity index (χ1n) is 7.83. The number of fused-ring (bicyclic) bond motifs is 1. The van der Waals surface area contributed by atoms with Crippen LogP contribution < -0.4 is 9.44 Å². The van der Waals surface area contributed by atoms with Gasteiger partial charge in [0.2, 0.25) is 10.0 Å². The zero-order valence-corrected chi connectivity index (χ0v) is 15.0. The Morgan fingerprint density at radius 2 is 1.58 bits per heavy atom. The SMILES string of the molecule is O=S(=O)(Nc1cccc2ocnc12)c1ccc(S(=O)(=O)NC2CC2)cc1. The molecule has 1 aliphatic carbocycles. The fourth-order valence-electron chi connectivity index (χ4n) is 2.46. The maximum atomic E-state index is 12.6. The average molecular weight is 393 g/mol. The van der Waals surface area contributed by atoms with E-state index in [1.807, 2.05) is 0 Å². The molecule has 0 aliphatic heterocycles. The van der Waals surface area contributed by atoms with Crippen LogP contribution >= 0.6 is 0 Å². The van der Waals surface area contributed by atoms with Crippen LogP contribution in [0.3, 0.4) is 0 Å². The van der Waals surface area contributed by atoms with Crippen LogP contribution in [-0.2, 0) is 20.0 Å². The van der Waals surface area contributed by atoms with Gasteiger partial charge in [-0.3, -0.25) is 4.72 Å². The van der Waals surface area contributed by atoms with E-state index in [9.17, 15) is 16.8 Å². The second-order valence-electron chi connectivity index (χ2n) is 5.98. The average Bonchev–Trinajstić information content (AvgIpc) is 3.26. The molecule has 0 amide bonds. The smallest absolute Gasteiger partial charge is 0.261 e. The number of para-hydroxylation sites is 1. The molecule has 26 heavy (non-hydrogen) atoms. The lowest BCUT2D eigenvalue weighted by atomic mass is 10.3. The molecule has 0 bridgehead atoms. The molecule has 10 heteroatoms. The molecule has 1 heterocycles. The highest BCUT2D eigenvalue weighted by Gasteiger charge is 2.28. The first-order valence-corrected chi connectivity index (χ1v) is 10.8. The summed E-state index contributed by atoms with van der Waals surface area (Å²) in [5, 5.41) is 0. The summed E-state index contributed by atoms with van der Waals surface area (Å²) in [6, 6.07) is 9.93. The molecule has 1 aliphatic rings. The van der Waals surface area contributed by atoms with E-state index in [-0.39, 0.29) is 21.5 Å². The predicted octanol–water partition coefficient (Wildman–Crippen LogP) is 2.07. The molecule has 0 unspecified atom stereocenters. The van der Waals surface area contributed by atoms with Gasteiger partial charge in [-0.05, 0) is 49.2 Å². The van der Waals surface area contributed by atoms with Crippen LogP contribution in [-0.4, -0.2) is 27.9 Å². The van der Waals surface area contributed by atoms with Crippen LogP contribution in [0.15, 0.2) is 63.1 Å². The van der Waals surface area contributed by atoms with Crippen LogP contribution in [0.4, 0.5) is 5.69 Å². The summed E-state index contributed by atoms with van der Waals surface area (Å²) in [7, 11) is -7.53. The molecule has 1 fully saturated rings. The Bertz CT molecular complexity index is 1160. The number of nitrogens with one attached hydrogen (secondary N) is 2. The Morgan fingerprint density at radius 3 is 2.23 bits per heavy atom. The van der Waals surface area contributed by atoms with Crippen molar-refractivity contribution in [2.24, 2.45) is 0 Å². The van der Waals surface area contributed by atoms with E-state index in [0.29, 0.717) is 11.1 Å². The number of hydrogen-bond acceptors (Lipinski definition) is 6. The third kappa shape index (κ3) is 3.30. The summed E-state index contributed by atoms with van der Waals surface area (Å²) in [5.74, 6) is 0. The van der Waals surface area contributed by atoms with Crippen molar-refractivity contribution in [2.45, 2.75) is 28.7 Å². The molecule has 4 rings (SSSR count). The summed E-state index contributed by atoms with van der Waals surface area (Å²) < 4.78 is 59.6. The van der Waals surface area contributed by atoms with Gasteiger partial charge >= 0.3 is 0 Å². The topological polar surface area (TPSA) is 118 Å². The largest absolute Gasteiger partial charge is 0.443 e. The lowest BCUT2D eigenvalue weighted by Gasteiger charge is -2.10. The number of benzene rings is 2. The molecule has 2 N–H and O–H groups in total. The predicted molar refractivity (Wildman–Crippen MR) is 94.6 cm³/mol. The number of hydrogen-bond donors (Lipinski definition) is 2. The van der Waals surface area contributed by atoms with Gasteiger partial charge in [-0.25, -0.2) is 26.5 Å². The van der Waals surface area contributed by atoms with Crippen molar-refractivity contribution in [1.29, 1.82) is 0 Å². The van der Waals surface area contributed by atoms with Crippen LogP contribution in [0, 0.1) is 0 Å². The maximum Gasteiger partial charge on any atom is 0.261 e. The van der Waals surface area contributed by atoms with E-state index in [1.54, 1.807) is 18.2 Å². The fourth-order valence-corrected chi connectivity index (χ4v) is 4.83. The Kier molecular flexibility index (Phi) is 3.98. The van der Waals surface area contributed by atoms with Gasteiger partial charge < -0.3 is 4.42 Å². The zero-order chi connectivity index (χ0) is 18.4. The third-order valence-corrected chi connectivity index (χ3v) is 6.87. The third-order valence-electron chi connectivity index (χ3n) is 3.95. The first-order chi connectivity index (χ1) is 12.4. The molecule has 0 spiro atoms. The number of aromatic nitrogens is 1. The highest BCUT2D eigenvalue weighted by molar-refractivity contribution is 7.92. The van der Waals surface area contributed by atoms with Crippen LogP contribution in [0.2, 0.25) is 0 Å². The number of rotatable bonds is 6. The number of nitrogens with zero attached hydrogens (tertiary/aromatic N) is 1. The maximum absolute atomic E-state index is 12.6. The normalized spacial score (nSPS) is 15.2. The number of sulfonamides is 2. The summed E-state index contributed by atoms with van der Waals surface area (Å²) in [5.41, 5.74) is 1.13. The highest BCUT2D eigenvalue weighted by Crippen LogP contribution is 2.26. The molecule has 1 saturated carbocycles. The van der Waals surface area contributed by atoms with Gasteiger partial charge in [-0.1, -0.05) is 6.07 Å². The molecule has 3 aromatic rings. The molecular weight excluding hydrogens is 378 g/mol. The Hall–Kier alpha value is -2.43. The summed E-state index contributed by atoms with van der Waals surface area (Å²) in [6.07, 6.45) is 2.88. The van der Waals surface area contributed by atoms with Crippen molar-refractivity contribution in [3.8, 4) is 0 Å². The highest BCUT2D eigenvalue weighted by atomic mass is 32.2. The van der Waals surface area contributed by atoms with Gasteiger partial charge in [-0.2, -0.15) is 0 Å². The van der Waals surface area contributed by atoms with Crippen molar-refractivity contribution >= 4 is 36.8 Å². The summed E-state index contributed by atoms with van der Waals surface area (Å²) in [6.45, 7) is 0. The molecule has 8 nitrogen and oxygen atoms in total. The second-order valence-corrected chi connectivity index (χ2v) is 9.37. The first kappa shape index (κ1) is 17.0. The van der Waals surface area contributed by atoms with E-state index in [1.165, 1.54) is 30.7 Å². The Balaban J connectivity index is 1.61. The van der Waals surface area contributed by atoms with Gasteiger partial charge in [0.15, 0.2) is 12.0 Å². The minimum Gasteiger partial charge on any atom is -0.443 e. The van der Waals surface area contributed by atoms with Gasteiger partial charge in [0.1, 0.15) is 5.52 Å². The monoisotopic (exact) mass is 393 g/mol. The molecule has 0 atom stereocenters. The van der Waals surface area contributed by atoms with Crippen LogP contribution in [0.25, 0.3) is 11.1 Å². The minimum atomic E-state index is -3.90. The van der Waals surface area contributed by atoms with Gasteiger partial charge in [0.25, 0.3) is 10.0 Å². The second kappa shape index (κ2) is 6.08. The molecule has 0 radical (unpaired) electrons. The van der Waals surface area contributed by atoms with Crippen molar-refractivity contribution in [1.82, 2.24) is 9.71 Å². The van der Waals surface area contributed by atoms with Crippen molar-refractivity contribution in [3.63, 3.8) is 0 Å². The molecule has 0 saturated heterocycles. The Morgan fingerprint density at radius 1 is 0.923 bits per heavy atom. The van der Waals surface area contributed by atoms with Gasteiger partial charge in [-0.15, -0.1) is 0 Å². The number of oxazole rings is 1. The molecule has 136 valence electrons. The van der Waals surface area contributed by atoms with Crippen molar-refractivity contribution < 1.29 is 21.3 Å². The van der Waals surface area contributed by atoms with Gasteiger partial charge in [0.05, 0.1) is 15.5 Å². The van der Waals surface area contributed by atoms with Crippen LogP contribution in [0.1, 0.15) is 12.8 Å². The lowest BCUT2D eigenvalue weighted by Crippen LogP contribution is -2.25. The minimum absolute atomic E-state index is 0.0203. The standard InChI is InChI=1S/C16H15N3O5S2/c20-25(21,18-11-4-5-11)12-6-8-13(9-7-12)26(22,23)19-14-2-1-3-15-16(14)17-10-24-15/h1-3,6-11,18-19H,4-5H2. The summed E-state index contributed by atoms with van der Waals surface area (Å²) >= 11 is 0. The lowest BCUT2D eigenvalue weighted by molar-refractivity contribution is 0.580. The molecular formula is C16H15N3O5S2. The fraction of sp³-hybridized carbons (Fsp3) is 0.188. The van der Waals surface area contributed by atoms with E-state index in [2.05, 4.69) is 14.4 Å². The van der Waals surface area contributed by atoms with E-state index in [0.717, 1.165) is 12.8 Å². The van der Waals surface area contributed by atoms with E-state index in [4.69, 9.17) is 4.42 Å². The van der Waals surface area contributed by atoms with Crippen LogP contribution in [0.5, 0.6) is 0 Å². The van der Waals surface area contributed by atoms with Gasteiger partial charge in [0, 0.05) is 6.04 Å². The van der Waals surface area contributed by atoms with E-state index < -0.39 is 20.0 Å².